The van der Waals surface area contributed by atoms with Crippen LogP contribution in [0.4, 0.5) is 5.69 Å². The molecule has 0 spiro atoms. The fourth-order valence-corrected chi connectivity index (χ4v) is 6.34. The molecular formula is C29H36ClN5O5S. The predicted octanol–water partition coefficient (Wildman–Crippen LogP) is 4.07. The second kappa shape index (κ2) is 13.9. The summed E-state index contributed by atoms with van der Waals surface area (Å²) in [4.78, 5) is 19.0. The average molecular weight is 602 g/mol. The number of amidine groups is 2. The number of nitrogens with zero attached hydrogens (tertiary/aromatic N) is 3. The molecule has 2 aliphatic heterocycles. The Labute approximate surface area is 246 Å². The Bertz CT molecular complexity index is 1420. The first kappa shape index (κ1) is 30.4. The molecule has 4 rings (SSSR count). The Morgan fingerprint density at radius 1 is 1.24 bits per heavy atom. The number of rotatable bonds is 11. The van der Waals surface area contributed by atoms with Gasteiger partial charge in [0.15, 0.2) is 5.75 Å². The SMILES string of the molecule is CCOC(=O)CS(=O)(=O)N(C/C=C/c1cccc(C(=N)N)c1)c1ccc(OC2CCN(C3=NCCC3)CC2)c(Cl)c1. The number of hydrogen-bond acceptors (Lipinski definition) is 8. The van der Waals surface area contributed by atoms with Crippen LogP contribution in [0.2, 0.25) is 5.02 Å². The smallest absolute Gasteiger partial charge is 0.323 e. The van der Waals surface area contributed by atoms with Gasteiger partial charge in [-0.3, -0.25) is 19.5 Å². The Kier molecular flexibility index (Phi) is 10.3. The molecule has 0 atom stereocenters. The zero-order valence-corrected chi connectivity index (χ0v) is 24.7. The van der Waals surface area contributed by atoms with E-state index in [0.717, 1.165) is 55.2 Å². The molecule has 2 heterocycles. The van der Waals surface area contributed by atoms with Gasteiger partial charge < -0.3 is 20.1 Å². The van der Waals surface area contributed by atoms with E-state index < -0.39 is 21.7 Å². The second-order valence-corrected chi connectivity index (χ2v) is 12.2. The zero-order valence-electron chi connectivity index (χ0n) is 23.1. The van der Waals surface area contributed by atoms with Crippen molar-refractivity contribution in [2.45, 2.75) is 38.7 Å². The number of hydrogen-bond donors (Lipinski definition) is 2. The van der Waals surface area contributed by atoms with E-state index >= 15 is 0 Å². The Balaban J connectivity index is 1.49. The minimum atomic E-state index is -4.11. The first-order valence-corrected chi connectivity index (χ1v) is 15.7. The van der Waals surface area contributed by atoms with E-state index in [1.54, 1.807) is 49.4 Å². The molecule has 220 valence electrons. The molecule has 3 N–H and O–H groups in total. The van der Waals surface area contributed by atoms with Gasteiger partial charge in [0.05, 0.1) is 29.7 Å². The van der Waals surface area contributed by atoms with Crippen LogP contribution in [-0.2, 0) is 19.6 Å². The van der Waals surface area contributed by atoms with Gasteiger partial charge in [0.1, 0.15) is 17.7 Å². The highest BCUT2D eigenvalue weighted by molar-refractivity contribution is 7.93. The number of aliphatic imine (C=N–C) groups is 1. The van der Waals surface area contributed by atoms with Crippen molar-refractivity contribution in [3.05, 3.63) is 64.7 Å². The van der Waals surface area contributed by atoms with Crippen LogP contribution in [0.5, 0.6) is 5.75 Å². The lowest BCUT2D eigenvalue weighted by molar-refractivity contribution is -0.139. The van der Waals surface area contributed by atoms with Crippen LogP contribution >= 0.6 is 11.6 Å². The molecule has 1 fully saturated rings. The van der Waals surface area contributed by atoms with E-state index in [9.17, 15) is 13.2 Å². The number of ether oxygens (including phenoxy) is 2. The molecule has 0 saturated carbocycles. The van der Waals surface area contributed by atoms with Gasteiger partial charge in [-0.25, -0.2) is 8.42 Å². The second-order valence-electron chi connectivity index (χ2n) is 9.85. The van der Waals surface area contributed by atoms with Crippen LogP contribution in [0, 0.1) is 5.41 Å². The fraction of sp³-hybridized carbons (Fsp3) is 0.414. The van der Waals surface area contributed by atoms with Crippen molar-refractivity contribution in [1.29, 1.82) is 5.41 Å². The lowest BCUT2D eigenvalue weighted by Gasteiger charge is -2.33. The average Bonchev–Trinajstić information content (AvgIpc) is 3.48. The minimum Gasteiger partial charge on any atom is -0.489 e. The van der Waals surface area contributed by atoms with E-state index in [0.29, 0.717) is 17.0 Å². The normalized spacial score (nSPS) is 16.0. The van der Waals surface area contributed by atoms with E-state index in [2.05, 4.69) is 9.89 Å². The van der Waals surface area contributed by atoms with Gasteiger partial charge in [-0.05, 0) is 43.2 Å². The summed E-state index contributed by atoms with van der Waals surface area (Å²) in [7, 11) is -4.11. The highest BCUT2D eigenvalue weighted by atomic mass is 35.5. The van der Waals surface area contributed by atoms with Gasteiger partial charge in [0.2, 0.25) is 10.0 Å². The number of piperidine rings is 1. The van der Waals surface area contributed by atoms with Crippen molar-refractivity contribution in [3.63, 3.8) is 0 Å². The quantitative estimate of drug-likeness (QED) is 0.225. The molecule has 10 nitrogen and oxygen atoms in total. The maximum Gasteiger partial charge on any atom is 0.323 e. The minimum absolute atomic E-state index is 0.00560. The molecule has 0 unspecified atom stereocenters. The van der Waals surface area contributed by atoms with Gasteiger partial charge in [0.25, 0.3) is 0 Å². The summed E-state index contributed by atoms with van der Waals surface area (Å²) in [5.74, 6) is -0.0444. The van der Waals surface area contributed by atoms with Gasteiger partial charge >= 0.3 is 5.97 Å². The fourth-order valence-electron chi connectivity index (χ4n) is 4.84. The molecule has 41 heavy (non-hydrogen) atoms. The number of likely N-dealkylation sites (tertiary alicyclic amines) is 1. The molecule has 2 aromatic carbocycles. The van der Waals surface area contributed by atoms with Crippen LogP contribution in [0.1, 0.15) is 43.7 Å². The topological polar surface area (TPSA) is 138 Å². The summed E-state index contributed by atoms with van der Waals surface area (Å²) in [6, 6.07) is 11.8. The van der Waals surface area contributed by atoms with Crippen molar-refractivity contribution < 1.29 is 22.7 Å². The van der Waals surface area contributed by atoms with E-state index in [1.807, 2.05) is 6.07 Å². The van der Waals surface area contributed by atoms with Crippen LogP contribution in [0.15, 0.2) is 53.5 Å². The van der Waals surface area contributed by atoms with E-state index in [1.165, 1.54) is 11.9 Å². The van der Waals surface area contributed by atoms with Crippen molar-refractivity contribution >= 4 is 51.0 Å². The summed E-state index contributed by atoms with van der Waals surface area (Å²) < 4.78 is 38.8. The third-order valence-electron chi connectivity index (χ3n) is 6.88. The highest BCUT2D eigenvalue weighted by Crippen LogP contribution is 2.33. The zero-order chi connectivity index (χ0) is 29.4. The first-order chi connectivity index (χ1) is 19.7. The summed E-state index contributed by atoms with van der Waals surface area (Å²) in [5.41, 5.74) is 7.17. The standard InChI is InChI=1S/C29H36ClN5O5S/c1-2-39-28(36)20-41(37,38)35(15-5-7-21-6-3-8-22(18-21)29(31)32)23-10-11-26(25(30)19-23)40-24-12-16-34(17-13-24)27-9-4-14-33-27/h3,5-8,10-11,18-19,24H,2,4,9,12-17,20H2,1H3,(H3,31,32)/b7-5+. The van der Waals surface area contributed by atoms with Gasteiger partial charge in [0, 0.05) is 44.5 Å². The summed E-state index contributed by atoms with van der Waals surface area (Å²) in [6.07, 6.45) is 7.20. The molecule has 0 radical (unpaired) electrons. The molecule has 0 aromatic heterocycles. The van der Waals surface area contributed by atoms with Crippen LogP contribution in [-0.4, -0.2) is 75.6 Å². The maximum atomic E-state index is 13.3. The van der Waals surface area contributed by atoms with Crippen LogP contribution in [0.3, 0.4) is 0 Å². The van der Waals surface area contributed by atoms with Gasteiger partial charge in [-0.1, -0.05) is 42.0 Å². The number of anilines is 1. The van der Waals surface area contributed by atoms with Crippen molar-refractivity contribution in [2.75, 3.05) is 42.8 Å². The largest absolute Gasteiger partial charge is 0.489 e. The van der Waals surface area contributed by atoms with Crippen molar-refractivity contribution in [2.24, 2.45) is 10.7 Å². The molecule has 0 aliphatic carbocycles. The number of nitrogens with two attached hydrogens (primary N) is 1. The number of nitrogens with one attached hydrogen (secondary N) is 1. The number of esters is 1. The number of nitrogen functional groups attached to an aromatic ring is 1. The third-order valence-corrected chi connectivity index (χ3v) is 8.80. The van der Waals surface area contributed by atoms with Crippen LogP contribution in [0.25, 0.3) is 6.08 Å². The Hall–Kier alpha value is -3.57. The molecule has 12 heteroatoms. The molecule has 1 saturated heterocycles. The molecule has 2 aliphatic rings. The molecule has 0 amide bonds. The summed E-state index contributed by atoms with van der Waals surface area (Å²) in [6.45, 7) is 4.28. The van der Waals surface area contributed by atoms with Crippen molar-refractivity contribution in [1.82, 2.24) is 4.90 Å². The lowest BCUT2D eigenvalue weighted by Crippen LogP contribution is -2.41. The maximum absolute atomic E-state index is 13.3. The molecule has 2 aromatic rings. The Morgan fingerprint density at radius 2 is 2.02 bits per heavy atom. The van der Waals surface area contributed by atoms with Gasteiger partial charge in [-0.15, -0.1) is 0 Å². The summed E-state index contributed by atoms with van der Waals surface area (Å²) in [5, 5.41) is 7.90. The van der Waals surface area contributed by atoms with Crippen molar-refractivity contribution in [3.8, 4) is 5.75 Å². The number of carbonyl (C=O) groups excluding carboxylic acids is 1. The first-order valence-electron chi connectivity index (χ1n) is 13.7. The molecule has 0 bridgehead atoms. The molecular weight excluding hydrogens is 566 g/mol. The number of halogens is 1. The summed E-state index contributed by atoms with van der Waals surface area (Å²) >= 11 is 6.59. The third kappa shape index (κ3) is 8.23. The number of benzene rings is 2. The highest BCUT2D eigenvalue weighted by Gasteiger charge is 2.28. The van der Waals surface area contributed by atoms with Gasteiger partial charge in [-0.2, -0.15) is 0 Å². The Morgan fingerprint density at radius 3 is 2.68 bits per heavy atom. The number of sulfonamides is 1. The lowest BCUT2D eigenvalue weighted by atomic mass is 10.1. The van der Waals surface area contributed by atoms with E-state index in [4.69, 9.17) is 32.2 Å². The number of carbonyl (C=O) groups is 1. The van der Waals surface area contributed by atoms with Crippen LogP contribution < -0.4 is 14.8 Å². The predicted molar refractivity (Wildman–Crippen MR) is 162 cm³/mol. The monoisotopic (exact) mass is 601 g/mol. The van der Waals surface area contributed by atoms with E-state index in [-0.39, 0.29) is 30.1 Å².